The summed E-state index contributed by atoms with van der Waals surface area (Å²) in [5, 5.41) is 9.89. The lowest BCUT2D eigenvalue weighted by Gasteiger charge is -2.43. The zero-order valence-electron chi connectivity index (χ0n) is 18.6. The second-order valence-electron chi connectivity index (χ2n) is 7.26. The molecule has 1 aliphatic rings. The van der Waals surface area contributed by atoms with E-state index in [4.69, 9.17) is 23.7 Å². The van der Waals surface area contributed by atoms with Crippen molar-refractivity contribution in [2.24, 2.45) is 0 Å². The van der Waals surface area contributed by atoms with E-state index in [0.717, 1.165) is 0 Å². The number of rotatable bonds is 12. The van der Waals surface area contributed by atoms with Crippen LogP contribution >= 0.6 is 0 Å². The van der Waals surface area contributed by atoms with E-state index in [9.17, 15) is 19.5 Å². The lowest BCUT2D eigenvalue weighted by molar-refractivity contribution is -0.299. The van der Waals surface area contributed by atoms with E-state index in [0.29, 0.717) is 12.8 Å². The number of ether oxygens (including phenoxy) is 5. The molecule has 0 saturated carbocycles. The standard InChI is InChI=1S/C24H30O9/c1-4-6-13-18(26)31-21-20(33-23(28)16-11-9-8-10-12-16)17(15-25)30-24(29-3)22(21)32-19(27)14-7-5-2/h4-5,8-12,17,20-22,24-25H,1-2,6-7,13-15H2,3H3/t17-,20+,21+,22-,24+/m1/s1. The van der Waals surface area contributed by atoms with Crippen LogP contribution in [0.4, 0.5) is 0 Å². The van der Waals surface area contributed by atoms with E-state index in [-0.39, 0.29) is 18.4 Å². The molecule has 9 nitrogen and oxygen atoms in total. The first-order valence-electron chi connectivity index (χ1n) is 10.6. The van der Waals surface area contributed by atoms with Gasteiger partial charge >= 0.3 is 17.9 Å². The van der Waals surface area contributed by atoms with Crippen LogP contribution in [0.25, 0.3) is 0 Å². The lowest BCUT2D eigenvalue weighted by Crippen LogP contribution is -2.62. The zero-order valence-corrected chi connectivity index (χ0v) is 18.6. The smallest absolute Gasteiger partial charge is 0.338 e. The molecule has 1 aliphatic heterocycles. The maximum absolute atomic E-state index is 12.7. The maximum atomic E-state index is 12.7. The van der Waals surface area contributed by atoms with Gasteiger partial charge in [0.25, 0.3) is 0 Å². The predicted octanol–water partition coefficient (Wildman–Crippen LogP) is 2.33. The van der Waals surface area contributed by atoms with Crippen LogP contribution < -0.4 is 0 Å². The Labute approximate surface area is 192 Å². The third-order valence-electron chi connectivity index (χ3n) is 4.90. The monoisotopic (exact) mass is 462 g/mol. The molecule has 2 rings (SSSR count). The number of esters is 3. The van der Waals surface area contributed by atoms with Gasteiger partial charge in [-0.3, -0.25) is 9.59 Å². The Morgan fingerprint density at radius 3 is 2.03 bits per heavy atom. The quantitative estimate of drug-likeness (QED) is 0.284. The molecule has 1 N–H and O–H groups in total. The summed E-state index contributed by atoms with van der Waals surface area (Å²) in [6, 6.07) is 8.17. The first-order valence-corrected chi connectivity index (χ1v) is 10.6. The summed E-state index contributed by atoms with van der Waals surface area (Å²) in [7, 11) is 1.32. The number of carbonyl (C=O) groups excluding carboxylic acids is 3. The molecule has 0 bridgehead atoms. The van der Waals surface area contributed by atoms with Crippen LogP contribution in [0.15, 0.2) is 55.6 Å². The number of aliphatic hydroxyl groups excluding tert-OH is 1. The number of aliphatic hydroxyl groups is 1. The van der Waals surface area contributed by atoms with Gasteiger partial charge in [-0.05, 0) is 25.0 Å². The van der Waals surface area contributed by atoms with Gasteiger partial charge < -0.3 is 28.8 Å². The highest BCUT2D eigenvalue weighted by Crippen LogP contribution is 2.30. The van der Waals surface area contributed by atoms with Crippen LogP contribution in [-0.4, -0.2) is 67.4 Å². The highest BCUT2D eigenvalue weighted by molar-refractivity contribution is 5.89. The minimum absolute atomic E-state index is 0.0127. The number of hydrogen-bond acceptors (Lipinski definition) is 9. The molecule has 1 saturated heterocycles. The summed E-state index contributed by atoms with van der Waals surface area (Å²) >= 11 is 0. The highest BCUT2D eigenvalue weighted by atomic mass is 16.7. The molecular formula is C24H30O9. The number of benzene rings is 1. The number of methoxy groups -OCH3 is 1. The zero-order chi connectivity index (χ0) is 24.2. The van der Waals surface area contributed by atoms with E-state index in [1.807, 2.05) is 0 Å². The average Bonchev–Trinajstić information content (AvgIpc) is 2.83. The van der Waals surface area contributed by atoms with Crippen LogP contribution in [0, 0.1) is 0 Å². The van der Waals surface area contributed by atoms with Crippen molar-refractivity contribution in [2.45, 2.75) is 56.4 Å². The van der Waals surface area contributed by atoms with Crippen molar-refractivity contribution in [1.29, 1.82) is 0 Å². The summed E-state index contributed by atoms with van der Waals surface area (Å²) < 4.78 is 27.7. The summed E-state index contributed by atoms with van der Waals surface area (Å²) in [6.45, 7) is 6.58. The Morgan fingerprint density at radius 2 is 1.52 bits per heavy atom. The molecule has 0 spiro atoms. The fourth-order valence-corrected chi connectivity index (χ4v) is 3.24. The van der Waals surface area contributed by atoms with Crippen LogP contribution in [-0.2, 0) is 33.3 Å². The molecule has 1 aromatic rings. The lowest BCUT2D eigenvalue weighted by atomic mass is 9.98. The Kier molecular flexibility index (Phi) is 10.8. The largest absolute Gasteiger partial charge is 0.454 e. The van der Waals surface area contributed by atoms with Crippen molar-refractivity contribution >= 4 is 17.9 Å². The van der Waals surface area contributed by atoms with Crippen molar-refractivity contribution in [3.63, 3.8) is 0 Å². The second-order valence-corrected chi connectivity index (χ2v) is 7.26. The van der Waals surface area contributed by atoms with Gasteiger partial charge in [-0.1, -0.05) is 30.4 Å². The molecule has 9 heteroatoms. The van der Waals surface area contributed by atoms with Gasteiger partial charge in [0.15, 0.2) is 24.6 Å². The molecule has 0 aliphatic carbocycles. The van der Waals surface area contributed by atoms with Gasteiger partial charge in [-0.15, -0.1) is 13.2 Å². The van der Waals surface area contributed by atoms with Crippen molar-refractivity contribution in [3.05, 3.63) is 61.2 Å². The molecule has 0 aromatic heterocycles. The van der Waals surface area contributed by atoms with Gasteiger partial charge in [0, 0.05) is 20.0 Å². The number of hydrogen-bond donors (Lipinski definition) is 1. The normalized spacial score (nSPS) is 24.4. The van der Waals surface area contributed by atoms with E-state index in [1.165, 1.54) is 7.11 Å². The topological polar surface area (TPSA) is 118 Å². The van der Waals surface area contributed by atoms with Gasteiger partial charge in [0.05, 0.1) is 12.2 Å². The summed E-state index contributed by atoms with van der Waals surface area (Å²) in [6.07, 6.45) is -2.15. The fourth-order valence-electron chi connectivity index (χ4n) is 3.24. The molecule has 5 atom stereocenters. The van der Waals surface area contributed by atoms with Gasteiger partial charge in [-0.25, -0.2) is 4.79 Å². The average molecular weight is 462 g/mol. The van der Waals surface area contributed by atoms with Gasteiger partial charge in [-0.2, -0.15) is 0 Å². The van der Waals surface area contributed by atoms with Crippen LogP contribution in [0.1, 0.15) is 36.0 Å². The van der Waals surface area contributed by atoms with Crippen LogP contribution in [0.3, 0.4) is 0 Å². The van der Waals surface area contributed by atoms with Crippen LogP contribution in [0.5, 0.6) is 0 Å². The molecular weight excluding hydrogens is 432 g/mol. The van der Waals surface area contributed by atoms with E-state index < -0.39 is 55.2 Å². The van der Waals surface area contributed by atoms with Gasteiger partial charge in [0.1, 0.15) is 6.10 Å². The maximum Gasteiger partial charge on any atom is 0.338 e. The minimum Gasteiger partial charge on any atom is -0.454 e. The molecule has 1 aromatic carbocycles. The molecule has 1 fully saturated rings. The predicted molar refractivity (Wildman–Crippen MR) is 117 cm³/mol. The highest BCUT2D eigenvalue weighted by Gasteiger charge is 2.52. The first-order chi connectivity index (χ1) is 15.9. The molecule has 180 valence electrons. The van der Waals surface area contributed by atoms with E-state index >= 15 is 0 Å². The molecule has 0 radical (unpaired) electrons. The second kappa shape index (κ2) is 13.5. The Bertz CT molecular complexity index is 807. The van der Waals surface area contributed by atoms with Crippen LogP contribution in [0.2, 0.25) is 0 Å². The number of allylic oxidation sites excluding steroid dienone is 2. The molecule has 33 heavy (non-hydrogen) atoms. The first kappa shape index (κ1) is 26.2. The third-order valence-corrected chi connectivity index (χ3v) is 4.90. The van der Waals surface area contributed by atoms with Gasteiger partial charge in [0.2, 0.25) is 0 Å². The van der Waals surface area contributed by atoms with Crippen molar-refractivity contribution < 1.29 is 43.2 Å². The van der Waals surface area contributed by atoms with Crippen molar-refractivity contribution in [3.8, 4) is 0 Å². The summed E-state index contributed by atoms with van der Waals surface area (Å²) in [5.74, 6) is -1.95. The molecule has 0 amide bonds. The van der Waals surface area contributed by atoms with Crippen molar-refractivity contribution in [2.75, 3.05) is 13.7 Å². The fraction of sp³-hybridized carbons (Fsp3) is 0.458. The molecule has 1 heterocycles. The third kappa shape index (κ3) is 7.52. The minimum atomic E-state index is -1.28. The Balaban J connectivity index is 2.35. The summed E-state index contributed by atoms with van der Waals surface area (Å²) in [4.78, 5) is 37.5. The van der Waals surface area contributed by atoms with E-state index in [1.54, 1.807) is 42.5 Å². The SMILES string of the molecule is C=CCCC(=O)O[C@H]1[C@@H](OC(=O)c2ccccc2)[C@@H](CO)O[C@H](OC)[C@@H]1OC(=O)CCC=C. The summed E-state index contributed by atoms with van der Waals surface area (Å²) in [5.41, 5.74) is 0.249. The molecule has 0 unspecified atom stereocenters. The van der Waals surface area contributed by atoms with Crippen molar-refractivity contribution in [1.82, 2.24) is 0 Å². The Hall–Kier alpha value is -3.01. The van der Waals surface area contributed by atoms with E-state index in [2.05, 4.69) is 13.2 Å². The number of carbonyl (C=O) groups is 3. The Morgan fingerprint density at radius 1 is 0.939 bits per heavy atom.